The molecule has 0 spiro atoms. The third kappa shape index (κ3) is 5.38. The average Bonchev–Trinajstić information content (AvgIpc) is 2.39. The van der Waals surface area contributed by atoms with Gasteiger partial charge in [-0.05, 0) is 0 Å². The predicted octanol–water partition coefficient (Wildman–Crippen LogP) is 4.49. The molecule has 0 atom stereocenters. The molecule has 0 N–H and O–H groups in total. The lowest BCUT2D eigenvalue weighted by Crippen LogP contribution is -2.14. The van der Waals surface area contributed by atoms with Gasteiger partial charge in [0.1, 0.15) is 0 Å². The summed E-state index contributed by atoms with van der Waals surface area (Å²) < 4.78 is 0. The number of hydrogen-bond acceptors (Lipinski definition) is 2. The Morgan fingerprint density at radius 3 is 1.05 bits per heavy atom. The molecule has 0 fully saturated rings. The SMILES string of the molecule is Br.Br.Br.O=C(C(=O)c1ccccc1)c1ccccc1. The molecule has 0 heterocycles. The van der Waals surface area contributed by atoms with Gasteiger partial charge in [-0.2, -0.15) is 0 Å². The standard InChI is InChI=1S/C14H10O2.3BrH/c15-13(11-7-3-1-4-8-11)14(16)12-9-5-2-6-10-12;;;/h1-10H;3*1H. The van der Waals surface area contributed by atoms with Crippen LogP contribution >= 0.6 is 50.9 Å². The van der Waals surface area contributed by atoms with Crippen LogP contribution in [0, 0.1) is 0 Å². The first kappa shape index (κ1) is 20.5. The Bertz CT molecular complexity index is 463. The smallest absolute Gasteiger partial charge is 0.233 e. The van der Waals surface area contributed by atoms with Crippen LogP contribution in [0.1, 0.15) is 20.7 Å². The normalized spacial score (nSPS) is 8.21. The first-order valence-electron chi connectivity index (χ1n) is 4.98. The van der Waals surface area contributed by atoms with Crippen LogP contribution in [-0.4, -0.2) is 11.6 Å². The highest BCUT2D eigenvalue weighted by atomic mass is 79.9. The van der Waals surface area contributed by atoms with Crippen LogP contribution in [0.15, 0.2) is 60.7 Å². The maximum Gasteiger partial charge on any atom is 0.233 e. The van der Waals surface area contributed by atoms with E-state index < -0.39 is 11.6 Å². The molecule has 102 valence electrons. The van der Waals surface area contributed by atoms with Crippen LogP contribution in [0.25, 0.3) is 0 Å². The molecule has 0 bridgehead atoms. The molecular formula is C14H13Br3O2. The molecule has 2 nitrogen and oxygen atoms in total. The van der Waals surface area contributed by atoms with E-state index in [1.54, 1.807) is 48.5 Å². The second-order valence-corrected chi connectivity index (χ2v) is 3.39. The summed E-state index contributed by atoms with van der Waals surface area (Å²) >= 11 is 0. The third-order valence-corrected chi connectivity index (χ3v) is 2.28. The van der Waals surface area contributed by atoms with Crippen LogP contribution in [-0.2, 0) is 0 Å². The molecule has 0 unspecified atom stereocenters. The van der Waals surface area contributed by atoms with Crippen molar-refractivity contribution in [1.82, 2.24) is 0 Å². The van der Waals surface area contributed by atoms with Gasteiger partial charge in [-0.15, -0.1) is 50.9 Å². The first-order chi connectivity index (χ1) is 7.79. The van der Waals surface area contributed by atoms with Crippen molar-refractivity contribution in [2.75, 3.05) is 0 Å². The Balaban J connectivity index is 0. The van der Waals surface area contributed by atoms with E-state index in [1.165, 1.54) is 0 Å². The van der Waals surface area contributed by atoms with Gasteiger partial charge in [0.2, 0.25) is 11.6 Å². The van der Waals surface area contributed by atoms with Crippen molar-refractivity contribution in [3.8, 4) is 0 Å². The zero-order chi connectivity index (χ0) is 11.4. The van der Waals surface area contributed by atoms with Crippen LogP contribution in [0.4, 0.5) is 0 Å². The predicted molar refractivity (Wildman–Crippen MR) is 92.5 cm³/mol. The zero-order valence-corrected chi connectivity index (χ0v) is 15.0. The molecular weight excluding hydrogens is 440 g/mol. The Labute approximate surface area is 143 Å². The second-order valence-electron chi connectivity index (χ2n) is 3.39. The number of hydrogen-bond donors (Lipinski definition) is 0. The quantitative estimate of drug-likeness (QED) is 0.508. The summed E-state index contributed by atoms with van der Waals surface area (Å²) in [6, 6.07) is 17.2. The van der Waals surface area contributed by atoms with E-state index in [9.17, 15) is 9.59 Å². The number of Topliss-reactive ketones (excluding diaryl/α,β-unsaturated/α-hetero) is 2. The largest absolute Gasteiger partial charge is 0.285 e. The molecule has 2 aromatic rings. The molecule has 2 rings (SSSR count). The van der Waals surface area contributed by atoms with Crippen LogP contribution in [0.3, 0.4) is 0 Å². The van der Waals surface area contributed by atoms with Crippen LogP contribution in [0.2, 0.25) is 0 Å². The van der Waals surface area contributed by atoms with E-state index in [2.05, 4.69) is 0 Å². The second kappa shape index (κ2) is 10.1. The molecule has 0 amide bonds. The van der Waals surface area contributed by atoms with Gasteiger partial charge in [-0.25, -0.2) is 0 Å². The maximum absolute atomic E-state index is 11.8. The Kier molecular flexibility index (Phi) is 10.9. The molecule has 0 aliphatic rings. The van der Waals surface area contributed by atoms with Gasteiger partial charge < -0.3 is 0 Å². The molecule has 5 heteroatoms. The molecule has 0 saturated heterocycles. The summed E-state index contributed by atoms with van der Waals surface area (Å²) in [4.78, 5) is 23.6. The molecule has 0 aliphatic carbocycles. The Morgan fingerprint density at radius 1 is 0.526 bits per heavy atom. The first-order valence-corrected chi connectivity index (χ1v) is 4.98. The van der Waals surface area contributed by atoms with Crippen molar-refractivity contribution in [2.24, 2.45) is 0 Å². The van der Waals surface area contributed by atoms with E-state index in [1.807, 2.05) is 12.1 Å². The Hall–Kier alpha value is -0.780. The van der Waals surface area contributed by atoms with Crippen molar-refractivity contribution in [2.45, 2.75) is 0 Å². The highest BCUT2D eigenvalue weighted by molar-refractivity contribution is 8.93. The van der Waals surface area contributed by atoms with Gasteiger partial charge in [0.15, 0.2) is 0 Å². The topological polar surface area (TPSA) is 34.1 Å². The lowest BCUT2D eigenvalue weighted by molar-refractivity contribution is 0.0817. The molecule has 0 radical (unpaired) electrons. The number of benzene rings is 2. The summed E-state index contributed by atoms with van der Waals surface area (Å²) in [6.07, 6.45) is 0. The van der Waals surface area contributed by atoms with E-state index in [0.717, 1.165) is 0 Å². The number of carbonyl (C=O) groups excluding carboxylic acids is 2. The number of ketones is 2. The summed E-state index contributed by atoms with van der Waals surface area (Å²) in [6.45, 7) is 0. The third-order valence-electron chi connectivity index (χ3n) is 2.28. The number of rotatable bonds is 3. The van der Waals surface area contributed by atoms with Crippen molar-refractivity contribution >= 4 is 62.5 Å². The van der Waals surface area contributed by atoms with Crippen LogP contribution < -0.4 is 0 Å². The minimum absolute atomic E-state index is 0. The molecule has 0 aromatic heterocycles. The van der Waals surface area contributed by atoms with E-state index in [-0.39, 0.29) is 50.9 Å². The number of halogens is 3. The van der Waals surface area contributed by atoms with Gasteiger partial charge in [-0.1, -0.05) is 60.7 Å². The summed E-state index contributed by atoms with van der Waals surface area (Å²) in [5.41, 5.74) is 0.854. The van der Waals surface area contributed by atoms with Gasteiger partial charge >= 0.3 is 0 Å². The fourth-order valence-corrected chi connectivity index (χ4v) is 1.44. The van der Waals surface area contributed by atoms with Gasteiger partial charge in [-0.3, -0.25) is 9.59 Å². The summed E-state index contributed by atoms with van der Waals surface area (Å²) in [5, 5.41) is 0. The van der Waals surface area contributed by atoms with Gasteiger partial charge in [0.05, 0.1) is 0 Å². The minimum atomic E-state index is -0.466. The molecule has 2 aromatic carbocycles. The van der Waals surface area contributed by atoms with Crippen molar-refractivity contribution in [3.05, 3.63) is 71.8 Å². The van der Waals surface area contributed by atoms with Crippen molar-refractivity contribution < 1.29 is 9.59 Å². The van der Waals surface area contributed by atoms with Crippen LogP contribution in [0.5, 0.6) is 0 Å². The van der Waals surface area contributed by atoms with Crippen molar-refractivity contribution in [3.63, 3.8) is 0 Å². The zero-order valence-electron chi connectivity index (χ0n) is 9.81. The van der Waals surface area contributed by atoms with E-state index >= 15 is 0 Å². The molecule has 0 aliphatic heterocycles. The minimum Gasteiger partial charge on any atom is -0.285 e. The fraction of sp³-hybridized carbons (Fsp3) is 0. The highest BCUT2D eigenvalue weighted by Crippen LogP contribution is 2.07. The summed E-state index contributed by atoms with van der Waals surface area (Å²) in [5.74, 6) is -0.932. The molecule has 0 saturated carbocycles. The highest BCUT2D eigenvalue weighted by Gasteiger charge is 2.16. The Morgan fingerprint density at radius 2 is 0.789 bits per heavy atom. The van der Waals surface area contributed by atoms with Crippen molar-refractivity contribution in [1.29, 1.82) is 0 Å². The molecule has 19 heavy (non-hydrogen) atoms. The number of carbonyl (C=O) groups is 2. The monoisotopic (exact) mass is 450 g/mol. The van der Waals surface area contributed by atoms with E-state index in [0.29, 0.717) is 11.1 Å². The van der Waals surface area contributed by atoms with Gasteiger partial charge in [0, 0.05) is 11.1 Å². The maximum atomic E-state index is 11.8. The van der Waals surface area contributed by atoms with Gasteiger partial charge in [0.25, 0.3) is 0 Å². The lowest BCUT2D eigenvalue weighted by atomic mass is 10.0. The van der Waals surface area contributed by atoms with E-state index in [4.69, 9.17) is 0 Å². The summed E-state index contributed by atoms with van der Waals surface area (Å²) in [7, 11) is 0. The fourth-order valence-electron chi connectivity index (χ4n) is 1.44. The average molecular weight is 453 g/mol. The lowest BCUT2D eigenvalue weighted by Gasteiger charge is -1.99.